The number of aromatic nitrogens is 1. The Labute approximate surface area is 120 Å². The predicted molar refractivity (Wildman–Crippen MR) is 79.1 cm³/mol. The van der Waals surface area contributed by atoms with E-state index in [0.717, 1.165) is 44.5 Å². The van der Waals surface area contributed by atoms with Gasteiger partial charge in [-0.2, -0.15) is 0 Å². The van der Waals surface area contributed by atoms with E-state index in [9.17, 15) is 8.42 Å². The quantitative estimate of drug-likeness (QED) is 0.891. The van der Waals surface area contributed by atoms with E-state index in [0.29, 0.717) is 12.5 Å². The van der Waals surface area contributed by atoms with Gasteiger partial charge in [0.15, 0.2) is 0 Å². The van der Waals surface area contributed by atoms with Crippen LogP contribution in [0, 0.1) is 5.92 Å². The lowest BCUT2D eigenvalue weighted by Gasteiger charge is -2.33. The molecule has 2 fully saturated rings. The van der Waals surface area contributed by atoms with E-state index in [1.807, 2.05) is 12.3 Å². The maximum atomic E-state index is 11.8. The second-order valence-corrected chi connectivity index (χ2v) is 7.78. The fraction of sp³-hybridized carbons (Fsp3) is 0.643. The largest absolute Gasteiger partial charge is 0.370 e. The number of rotatable bonds is 5. The van der Waals surface area contributed by atoms with Crippen molar-refractivity contribution in [1.82, 2.24) is 9.71 Å². The van der Waals surface area contributed by atoms with E-state index in [2.05, 4.69) is 20.7 Å². The summed E-state index contributed by atoms with van der Waals surface area (Å²) < 4.78 is 26.4. The van der Waals surface area contributed by atoms with Crippen LogP contribution < -0.4 is 9.62 Å². The monoisotopic (exact) mass is 295 g/mol. The van der Waals surface area contributed by atoms with E-state index in [1.54, 1.807) is 6.20 Å². The van der Waals surface area contributed by atoms with Crippen molar-refractivity contribution in [3.8, 4) is 0 Å². The Hall–Kier alpha value is -1.14. The molecule has 0 bridgehead atoms. The van der Waals surface area contributed by atoms with Crippen LogP contribution in [0.4, 0.5) is 5.69 Å². The van der Waals surface area contributed by atoms with Crippen molar-refractivity contribution in [2.75, 3.05) is 24.5 Å². The SMILES string of the molecule is O=S(=O)(NCC1CCN(c2cccnc2)CC1)C1CC1. The number of piperidine rings is 1. The molecule has 1 saturated heterocycles. The van der Waals surface area contributed by atoms with Crippen molar-refractivity contribution in [3.63, 3.8) is 0 Å². The summed E-state index contributed by atoms with van der Waals surface area (Å²) >= 11 is 0. The van der Waals surface area contributed by atoms with Crippen LogP contribution in [0.2, 0.25) is 0 Å². The van der Waals surface area contributed by atoms with Crippen LogP contribution >= 0.6 is 0 Å². The van der Waals surface area contributed by atoms with E-state index in [4.69, 9.17) is 0 Å². The molecule has 0 spiro atoms. The fourth-order valence-corrected chi connectivity index (χ4v) is 4.13. The zero-order chi connectivity index (χ0) is 14.0. The van der Waals surface area contributed by atoms with E-state index < -0.39 is 10.0 Å². The van der Waals surface area contributed by atoms with Gasteiger partial charge >= 0.3 is 0 Å². The van der Waals surface area contributed by atoms with Crippen LogP contribution in [0.3, 0.4) is 0 Å². The maximum absolute atomic E-state index is 11.8. The second-order valence-electron chi connectivity index (χ2n) is 5.73. The summed E-state index contributed by atoms with van der Waals surface area (Å²) in [5, 5.41) is -0.113. The standard InChI is InChI=1S/C14H21N3O2S/c18-20(19,14-3-4-14)16-10-12-5-8-17(9-6-12)13-2-1-7-15-11-13/h1-2,7,11-12,14,16H,3-6,8-10H2. The Morgan fingerprint density at radius 3 is 2.60 bits per heavy atom. The Bertz CT molecular complexity index is 535. The zero-order valence-corrected chi connectivity index (χ0v) is 12.3. The Morgan fingerprint density at radius 1 is 1.25 bits per heavy atom. The summed E-state index contributed by atoms with van der Waals surface area (Å²) in [6.07, 6.45) is 7.38. The van der Waals surface area contributed by atoms with Crippen LogP contribution in [0.15, 0.2) is 24.5 Å². The van der Waals surface area contributed by atoms with Gasteiger partial charge in [-0.3, -0.25) is 4.98 Å². The molecule has 0 atom stereocenters. The lowest BCUT2D eigenvalue weighted by molar-refractivity contribution is 0.402. The molecule has 2 aliphatic rings. The summed E-state index contributed by atoms with van der Waals surface area (Å²) in [5.74, 6) is 0.455. The van der Waals surface area contributed by atoms with Crippen molar-refractivity contribution in [2.24, 2.45) is 5.92 Å². The molecular formula is C14H21N3O2S. The third kappa shape index (κ3) is 3.30. The molecule has 110 valence electrons. The molecule has 1 aliphatic heterocycles. The first-order valence-corrected chi connectivity index (χ1v) is 8.83. The smallest absolute Gasteiger partial charge is 0.214 e. The molecule has 6 heteroatoms. The van der Waals surface area contributed by atoms with Crippen LogP contribution in [0.5, 0.6) is 0 Å². The number of sulfonamides is 1. The third-order valence-corrected chi connectivity index (χ3v) is 6.08. The average Bonchev–Trinajstić information content (AvgIpc) is 3.32. The molecule has 3 rings (SSSR count). The van der Waals surface area contributed by atoms with Gasteiger partial charge in [0, 0.05) is 25.8 Å². The van der Waals surface area contributed by atoms with Gasteiger partial charge in [0.05, 0.1) is 17.1 Å². The molecule has 0 radical (unpaired) electrons. The number of nitrogens with one attached hydrogen (secondary N) is 1. The minimum atomic E-state index is -3.03. The molecule has 1 aliphatic carbocycles. The molecule has 0 unspecified atom stereocenters. The molecule has 1 aromatic heterocycles. The number of pyridine rings is 1. The number of anilines is 1. The number of hydrogen-bond acceptors (Lipinski definition) is 4. The minimum absolute atomic E-state index is 0.113. The molecule has 20 heavy (non-hydrogen) atoms. The van der Waals surface area contributed by atoms with E-state index in [-0.39, 0.29) is 5.25 Å². The van der Waals surface area contributed by atoms with Crippen molar-refractivity contribution < 1.29 is 8.42 Å². The van der Waals surface area contributed by atoms with Gasteiger partial charge in [-0.1, -0.05) is 0 Å². The molecule has 1 N–H and O–H groups in total. The van der Waals surface area contributed by atoms with Crippen molar-refractivity contribution >= 4 is 15.7 Å². The topological polar surface area (TPSA) is 62.3 Å². The highest BCUT2D eigenvalue weighted by Crippen LogP contribution is 2.28. The Balaban J connectivity index is 1.47. The van der Waals surface area contributed by atoms with Crippen LogP contribution in [-0.2, 0) is 10.0 Å². The van der Waals surface area contributed by atoms with Crippen molar-refractivity contribution in [3.05, 3.63) is 24.5 Å². The highest BCUT2D eigenvalue weighted by Gasteiger charge is 2.35. The highest BCUT2D eigenvalue weighted by molar-refractivity contribution is 7.90. The zero-order valence-electron chi connectivity index (χ0n) is 11.5. The molecule has 0 aromatic carbocycles. The van der Waals surface area contributed by atoms with Gasteiger partial charge < -0.3 is 4.90 Å². The Morgan fingerprint density at radius 2 is 2.00 bits per heavy atom. The normalized spacial score (nSPS) is 21.1. The number of nitrogens with zero attached hydrogens (tertiary/aromatic N) is 2. The molecular weight excluding hydrogens is 274 g/mol. The molecule has 1 saturated carbocycles. The molecule has 1 aromatic rings. The fourth-order valence-electron chi connectivity index (χ4n) is 2.67. The third-order valence-electron chi connectivity index (χ3n) is 4.16. The van der Waals surface area contributed by atoms with Crippen molar-refractivity contribution in [2.45, 2.75) is 30.9 Å². The predicted octanol–water partition coefficient (Wildman–Crippen LogP) is 1.38. The maximum Gasteiger partial charge on any atom is 0.214 e. The lowest BCUT2D eigenvalue weighted by Crippen LogP contribution is -2.39. The molecule has 2 heterocycles. The van der Waals surface area contributed by atoms with Gasteiger partial charge in [0.25, 0.3) is 0 Å². The summed E-state index contributed by atoms with van der Waals surface area (Å²) in [7, 11) is -3.03. The van der Waals surface area contributed by atoms with Gasteiger partial charge in [-0.15, -0.1) is 0 Å². The summed E-state index contributed by atoms with van der Waals surface area (Å²) in [6.45, 7) is 2.54. The average molecular weight is 295 g/mol. The van der Waals surface area contributed by atoms with Gasteiger partial charge in [0.2, 0.25) is 10.0 Å². The number of hydrogen-bond donors (Lipinski definition) is 1. The van der Waals surface area contributed by atoms with E-state index in [1.165, 1.54) is 0 Å². The first-order chi connectivity index (χ1) is 9.65. The summed E-state index contributed by atoms with van der Waals surface area (Å²) in [6, 6.07) is 4.02. The minimum Gasteiger partial charge on any atom is -0.370 e. The first-order valence-electron chi connectivity index (χ1n) is 7.28. The van der Waals surface area contributed by atoms with Crippen LogP contribution in [0.1, 0.15) is 25.7 Å². The molecule has 5 nitrogen and oxygen atoms in total. The summed E-state index contributed by atoms with van der Waals surface area (Å²) in [5.41, 5.74) is 1.16. The summed E-state index contributed by atoms with van der Waals surface area (Å²) in [4.78, 5) is 6.46. The highest BCUT2D eigenvalue weighted by atomic mass is 32.2. The van der Waals surface area contributed by atoms with Gasteiger partial charge in [-0.25, -0.2) is 13.1 Å². The van der Waals surface area contributed by atoms with E-state index >= 15 is 0 Å². The van der Waals surface area contributed by atoms with Crippen LogP contribution in [-0.4, -0.2) is 38.3 Å². The van der Waals surface area contributed by atoms with Gasteiger partial charge in [-0.05, 0) is 43.7 Å². The first kappa shape index (κ1) is 13.8. The Kier molecular flexibility index (Phi) is 3.94. The lowest BCUT2D eigenvalue weighted by atomic mass is 9.97. The molecule has 0 amide bonds. The van der Waals surface area contributed by atoms with Crippen LogP contribution in [0.25, 0.3) is 0 Å². The second kappa shape index (κ2) is 5.69. The van der Waals surface area contributed by atoms with Crippen molar-refractivity contribution in [1.29, 1.82) is 0 Å². The van der Waals surface area contributed by atoms with Gasteiger partial charge in [0.1, 0.15) is 0 Å².